The average Bonchev–Trinajstić information content (AvgIpc) is 2.47. The molecule has 0 saturated heterocycles. The van der Waals surface area contributed by atoms with Crippen molar-refractivity contribution >= 4 is 5.69 Å². The molecule has 2 heteroatoms. The van der Waals surface area contributed by atoms with Crippen LogP contribution in [0.2, 0.25) is 0 Å². The summed E-state index contributed by atoms with van der Waals surface area (Å²) in [4.78, 5) is 0. The van der Waals surface area contributed by atoms with Gasteiger partial charge >= 0.3 is 0 Å². The fourth-order valence-corrected chi connectivity index (χ4v) is 2.30. The Hall–Kier alpha value is -1.83. The predicted molar refractivity (Wildman–Crippen MR) is 83.5 cm³/mol. The summed E-state index contributed by atoms with van der Waals surface area (Å²) in [7, 11) is 0. The first-order valence-electron chi connectivity index (χ1n) is 7.30. The van der Waals surface area contributed by atoms with E-state index in [4.69, 9.17) is 0 Å². The molecule has 0 heterocycles. The number of benzene rings is 2. The van der Waals surface area contributed by atoms with Crippen molar-refractivity contribution in [2.75, 3.05) is 5.32 Å². The number of unbranched alkanes of at least 4 members (excludes halogenated alkanes) is 1. The quantitative estimate of drug-likeness (QED) is 0.747. The summed E-state index contributed by atoms with van der Waals surface area (Å²) in [6.45, 7) is 4.18. The highest BCUT2D eigenvalue weighted by Gasteiger charge is 2.09. The minimum atomic E-state index is -0.160. The van der Waals surface area contributed by atoms with Gasteiger partial charge in [-0.05, 0) is 43.5 Å². The fraction of sp³-hybridized carbons (Fsp3) is 0.333. The Bertz CT molecular complexity index is 533. The summed E-state index contributed by atoms with van der Waals surface area (Å²) < 4.78 is 13.7. The molecule has 1 atom stereocenters. The van der Waals surface area contributed by atoms with Crippen molar-refractivity contribution in [2.24, 2.45) is 0 Å². The van der Waals surface area contributed by atoms with Crippen molar-refractivity contribution < 1.29 is 4.39 Å². The molecule has 0 spiro atoms. The molecule has 20 heavy (non-hydrogen) atoms. The van der Waals surface area contributed by atoms with Crippen LogP contribution in [-0.2, 0) is 6.42 Å². The molecule has 0 aliphatic heterocycles. The number of hydrogen-bond donors (Lipinski definition) is 1. The maximum Gasteiger partial charge on any atom is 0.128 e. The van der Waals surface area contributed by atoms with Crippen molar-refractivity contribution in [3.8, 4) is 0 Å². The van der Waals surface area contributed by atoms with Gasteiger partial charge in [0.2, 0.25) is 0 Å². The molecule has 0 bridgehead atoms. The van der Waals surface area contributed by atoms with Crippen molar-refractivity contribution in [3.05, 3.63) is 65.5 Å². The lowest BCUT2D eigenvalue weighted by Crippen LogP contribution is -2.08. The van der Waals surface area contributed by atoms with Gasteiger partial charge in [-0.25, -0.2) is 4.39 Å². The van der Waals surface area contributed by atoms with Crippen molar-refractivity contribution in [2.45, 2.75) is 39.2 Å². The first kappa shape index (κ1) is 14.6. The minimum absolute atomic E-state index is 0.0438. The molecule has 2 aromatic rings. The highest BCUT2D eigenvalue weighted by molar-refractivity contribution is 5.46. The Morgan fingerprint density at radius 1 is 1.05 bits per heavy atom. The molecular formula is C18H22FN. The maximum absolute atomic E-state index is 13.7. The number of anilines is 1. The van der Waals surface area contributed by atoms with Crippen LogP contribution in [0.15, 0.2) is 48.5 Å². The van der Waals surface area contributed by atoms with Crippen LogP contribution in [-0.4, -0.2) is 0 Å². The zero-order chi connectivity index (χ0) is 14.4. The molecular weight excluding hydrogens is 249 g/mol. The van der Waals surface area contributed by atoms with Crippen molar-refractivity contribution in [3.63, 3.8) is 0 Å². The van der Waals surface area contributed by atoms with E-state index in [-0.39, 0.29) is 11.9 Å². The molecule has 2 rings (SSSR count). The van der Waals surface area contributed by atoms with Crippen LogP contribution in [0.4, 0.5) is 10.1 Å². The van der Waals surface area contributed by atoms with E-state index in [0.717, 1.165) is 12.1 Å². The van der Waals surface area contributed by atoms with Crippen LogP contribution < -0.4 is 5.32 Å². The minimum Gasteiger partial charge on any atom is -0.378 e. The lowest BCUT2D eigenvalue weighted by molar-refractivity contribution is 0.600. The lowest BCUT2D eigenvalue weighted by Gasteiger charge is -2.16. The fourth-order valence-electron chi connectivity index (χ4n) is 2.30. The third-order valence-electron chi connectivity index (χ3n) is 3.53. The highest BCUT2D eigenvalue weighted by Crippen LogP contribution is 2.22. The Labute approximate surface area is 120 Å². The first-order chi connectivity index (χ1) is 9.70. The van der Waals surface area contributed by atoms with Gasteiger partial charge in [0, 0.05) is 11.3 Å². The predicted octanol–water partition coefficient (Wildman–Crippen LogP) is 5.34. The second kappa shape index (κ2) is 7.09. The van der Waals surface area contributed by atoms with Gasteiger partial charge in [0.15, 0.2) is 0 Å². The van der Waals surface area contributed by atoms with E-state index in [2.05, 4.69) is 36.5 Å². The van der Waals surface area contributed by atoms with Crippen LogP contribution in [0.5, 0.6) is 0 Å². The van der Waals surface area contributed by atoms with Gasteiger partial charge in [-0.1, -0.05) is 43.7 Å². The largest absolute Gasteiger partial charge is 0.378 e. The van der Waals surface area contributed by atoms with E-state index in [1.54, 1.807) is 6.07 Å². The maximum atomic E-state index is 13.7. The molecule has 0 aliphatic carbocycles. The van der Waals surface area contributed by atoms with Crippen LogP contribution in [0, 0.1) is 5.82 Å². The number of halogens is 1. The molecule has 0 fully saturated rings. The Balaban J connectivity index is 2.01. The van der Waals surface area contributed by atoms with E-state index < -0.39 is 0 Å². The second-order valence-corrected chi connectivity index (χ2v) is 5.19. The van der Waals surface area contributed by atoms with Gasteiger partial charge in [0.05, 0.1) is 6.04 Å². The van der Waals surface area contributed by atoms with Crippen molar-refractivity contribution in [1.29, 1.82) is 0 Å². The van der Waals surface area contributed by atoms with Gasteiger partial charge in [0.1, 0.15) is 5.82 Å². The summed E-state index contributed by atoms with van der Waals surface area (Å²) in [5, 5.41) is 3.34. The number of aryl methyl sites for hydroxylation is 1. The van der Waals surface area contributed by atoms with Crippen molar-refractivity contribution in [1.82, 2.24) is 0 Å². The zero-order valence-corrected chi connectivity index (χ0v) is 12.2. The summed E-state index contributed by atoms with van der Waals surface area (Å²) >= 11 is 0. The Kier molecular flexibility index (Phi) is 5.16. The molecule has 1 unspecified atom stereocenters. The van der Waals surface area contributed by atoms with Gasteiger partial charge in [-0.3, -0.25) is 0 Å². The zero-order valence-electron chi connectivity index (χ0n) is 12.2. The topological polar surface area (TPSA) is 12.0 Å². The molecule has 0 amide bonds. The molecule has 106 valence electrons. The van der Waals surface area contributed by atoms with E-state index in [0.29, 0.717) is 5.56 Å². The highest BCUT2D eigenvalue weighted by atomic mass is 19.1. The lowest BCUT2D eigenvalue weighted by atomic mass is 10.1. The molecule has 0 aliphatic rings. The Morgan fingerprint density at radius 2 is 1.75 bits per heavy atom. The smallest absolute Gasteiger partial charge is 0.128 e. The SMILES string of the molecule is CCCCc1ccc(NC(C)c2ccccc2F)cc1. The first-order valence-corrected chi connectivity index (χ1v) is 7.30. The van der Waals surface area contributed by atoms with E-state index >= 15 is 0 Å². The monoisotopic (exact) mass is 271 g/mol. The van der Waals surface area contributed by atoms with Gasteiger partial charge in [-0.2, -0.15) is 0 Å². The van der Waals surface area contributed by atoms with Gasteiger partial charge < -0.3 is 5.32 Å². The second-order valence-electron chi connectivity index (χ2n) is 5.19. The summed E-state index contributed by atoms with van der Waals surface area (Å²) in [5.74, 6) is -0.160. The third-order valence-corrected chi connectivity index (χ3v) is 3.53. The normalized spacial score (nSPS) is 12.2. The van der Waals surface area contributed by atoms with Crippen LogP contribution in [0.1, 0.15) is 43.9 Å². The number of hydrogen-bond acceptors (Lipinski definition) is 1. The summed E-state index contributed by atoms with van der Waals surface area (Å²) in [6, 6.07) is 15.3. The number of nitrogens with one attached hydrogen (secondary N) is 1. The number of rotatable bonds is 6. The molecule has 0 aromatic heterocycles. The summed E-state index contributed by atoms with van der Waals surface area (Å²) in [6.07, 6.45) is 3.56. The molecule has 1 nitrogen and oxygen atoms in total. The molecule has 0 saturated carbocycles. The van der Waals surface area contributed by atoms with E-state index in [9.17, 15) is 4.39 Å². The van der Waals surface area contributed by atoms with Crippen LogP contribution in [0.3, 0.4) is 0 Å². The van der Waals surface area contributed by atoms with Gasteiger partial charge in [-0.15, -0.1) is 0 Å². The molecule has 1 N–H and O–H groups in total. The third kappa shape index (κ3) is 3.83. The van der Waals surface area contributed by atoms with Gasteiger partial charge in [0.25, 0.3) is 0 Å². The molecule has 0 radical (unpaired) electrons. The Morgan fingerprint density at radius 3 is 2.40 bits per heavy atom. The van der Waals surface area contributed by atoms with Crippen LogP contribution >= 0.6 is 0 Å². The standard InChI is InChI=1S/C18H22FN/c1-3-4-7-15-10-12-16(13-11-15)20-14(2)17-8-5-6-9-18(17)19/h5-6,8-14,20H,3-4,7H2,1-2H3. The average molecular weight is 271 g/mol. The van der Waals surface area contributed by atoms with Crippen LogP contribution in [0.25, 0.3) is 0 Å². The van der Waals surface area contributed by atoms with E-state index in [1.165, 1.54) is 24.5 Å². The van der Waals surface area contributed by atoms with E-state index in [1.807, 2.05) is 19.1 Å². The summed E-state index contributed by atoms with van der Waals surface area (Å²) in [5.41, 5.74) is 3.08. The molecule has 2 aromatic carbocycles.